The Morgan fingerprint density at radius 1 is 1.17 bits per heavy atom. The van der Waals surface area contributed by atoms with Gasteiger partial charge in [0.2, 0.25) is 0 Å². The third kappa shape index (κ3) is 4.16. The number of methoxy groups -OCH3 is 1. The number of thioether (sulfide) groups is 1. The van der Waals surface area contributed by atoms with Crippen LogP contribution in [0.3, 0.4) is 0 Å². The lowest BCUT2D eigenvalue weighted by Crippen LogP contribution is -2.36. The molecule has 3 rings (SSSR count). The van der Waals surface area contributed by atoms with Gasteiger partial charge in [0.15, 0.2) is 0 Å². The van der Waals surface area contributed by atoms with E-state index in [1.165, 1.54) is 16.1 Å². The van der Waals surface area contributed by atoms with E-state index in [2.05, 4.69) is 52.9 Å². The highest BCUT2D eigenvalue weighted by Gasteiger charge is 2.11. The molecule has 24 heavy (non-hydrogen) atoms. The van der Waals surface area contributed by atoms with Crippen LogP contribution in [0, 0.1) is 0 Å². The zero-order valence-electron chi connectivity index (χ0n) is 14.2. The highest BCUT2D eigenvalue weighted by Crippen LogP contribution is 2.29. The molecule has 0 radical (unpaired) electrons. The van der Waals surface area contributed by atoms with Crippen LogP contribution in [-0.2, 0) is 11.3 Å². The van der Waals surface area contributed by atoms with E-state index in [1.807, 2.05) is 6.07 Å². The Morgan fingerprint density at radius 3 is 2.75 bits per heavy atom. The highest BCUT2D eigenvalue weighted by atomic mass is 32.2. The summed E-state index contributed by atoms with van der Waals surface area (Å²) in [6, 6.07) is 14.9. The second-order valence-electron chi connectivity index (χ2n) is 5.69. The summed E-state index contributed by atoms with van der Waals surface area (Å²) in [5.74, 6) is 0.931. The topological polar surface area (TPSA) is 33.7 Å². The van der Waals surface area contributed by atoms with Gasteiger partial charge in [0.25, 0.3) is 0 Å². The first-order chi connectivity index (χ1) is 11.8. The van der Waals surface area contributed by atoms with Crippen molar-refractivity contribution in [1.82, 2.24) is 0 Å². The molecule has 1 aliphatic heterocycles. The molecule has 5 heteroatoms. The van der Waals surface area contributed by atoms with Crippen molar-refractivity contribution in [2.45, 2.75) is 11.4 Å². The standard InChI is InChI=1S/C19H24N2O2S/c1-22-18-7-6-15(12-19(18)24-2)14-20-16-4-3-5-17(13-16)21-8-10-23-11-9-21/h3-7,12-13,20H,8-11,14H2,1-2H3. The summed E-state index contributed by atoms with van der Waals surface area (Å²) >= 11 is 1.71. The molecule has 0 unspecified atom stereocenters. The first-order valence-corrected chi connectivity index (χ1v) is 9.40. The van der Waals surface area contributed by atoms with E-state index >= 15 is 0 Å². The van der Waals surface area contributed by atoms with E-state index in [0.29, 0.717) is 0 Å². The normalized spacial score (nSPS) is 14.5. The van der Waals surface area contributed by atoms with Crippen LogP contribution in [0.1, 0.15) is 5.56 Å². The maximum absolute atomic E-state index is 5.43. The molecule has 0 aliphatic carbocycles. The minimum atomic E-state index is 0.796. The molecule has 0 spiro atoms. The van der Waals surface area contributed by atoms with Gasteiger partial charge in [-0.2, -0.15) is 0 Å². The third-order valence-corrected chi connectivity index (χ3v) is 4.93. The fourth-order valence-electron chi connectivity index (χ4n) is 2.83. The lowest BCUT2D eigenvalue weighted by atomic mass is 10.2. The van der Waals surface area contributed by atoms with E-state index in [1.54, 1.807) is 18.9 Å². The molecule has 2 aromatic rings. The van der Waals surface area contributed by atoms with Crippen molar-refractivity contribution in [1.29, 1.82) is 0 Å². The summed E-state index contributed by atoms with van der Waals surface area (Å²) in [6.07, 6.45) is 2.07. The van der Waals surface area contributed by atoms with Gasteiger partial charge in [-0.05, 0) is 42.2 Å². The molecule has 1 aliphatic rings. The van der Waals surface area contributed by atoms with Gasteiger partial charge in [-0.3, -0.25) is 0 Å². The summed E-state index contributed by atoms with van der Waals surface area (Å²) < 4.78 is 10.8. The molecule has 0 saturated carbocycles. The van der Waals surface area contributed by atoms with Gasteiger partial charge >= 0.3 is 0 Å². The van der Waals surface area contributed by atoms with Gasteiger partial charge in [0, 0.05) is 35.9 Å². The zero-order chi connectivity index (χ0) is 16.8. The molecule has 0 atom stereocenters. The Labute approximate surface area is 148 Å². The van der Waals surface area contributed by atoms with Crippen molar-refractivity contribution in [3.8, 4) is 5.75 Å². The molecular formula is C19H24N2O2S. The second-order valence-corrected chi connectivity index (χ2v) is 6.54. The Bertz CT molecular complexity index is 672. The summed E-state index contributed by atoms with van der Waals surface area (Å²) in [5, 5.41) is 3.52. The Kier molecular flexibility index (Phi) is 5.88. The van der Waals surface area contributed by atoms with Crippen molar-refractivity contribution < 1.29 is 9.47 Å². The highest BCUT2D eigenvalue weighted by molar-refractivity contribution is 7.98. The van der Waals surface area contributed by atoms with Gasteiger partial charge in [-0.15, -0.1) is 11.8 Å². The molecule has 1 fully saturated rings. The van der Waals surface area contributed by atoms with Crippen LogP contribution in [-0.4, -0.2) is 39.7 Å². The Hall–Kier alpha value is -1.85. The molecule has 1 N–H and O–H groups in total. The average Bonchev–Trinajstić information content (AvgIpc) is 2.67. The van der Waals surface area contributed by atoms with Crippen LogP contribution in [0.25, 0.3) is 0 Å². The number of hydrogen-bond donors (Lipinski definition) is 1. The minimum Gasteiger partial charge on any atom is -0.496 e. The van der Waals surface area contributed by atoms with Crippen LogP contribution >= 0.6 is 11.8 Å². The van der Waals surface area contributed by atoms with Crippen molar-refractivity contribution in [3.63, 3.8) is 0 Å². The number of ether oxygens (including phenoxy) is 2. The van der Waals surface area contributed by atoms with Gasteiger partial charge in [-0.25, -0.2) is 0 Å². The molecular weight excluding hydrogens is 320 g/mol. The summed E-state index contributed by atoms with van der Waals surface area (Å²) in [5.41, 5.74) is 3.64. The quantitative estimate of drug-likeness (QED) is 0.805. The largest absolute Gasteiger partial charge is 0.496 e. The minimum absolute atomic E-state index is 0.796. The van der Waals surface area contributed by atoms with Crippen molar-refractivity contribution in [2.24, 2.45) is 0 Å². The van der Waals surface area contributed by atoms with Crippen LogP contribution in [0.2, 0.25) is 0 Å². The molecule has 0 bridgehead atoms. The maximum Gasteiger partial charge on any atom is 0.132 e. The zero-order valence-corrected chi connectivity index (χ0v) is 15.1. The SMILES string of the molecule is COc1ccc(CNc2cccc(N3CCOCC3)c2)cc1SC. The summed E-state index contributed by atoms with van der Waals surface area (Å²) in [7, 11) is 1.71. The number of nitrogens with zero attached hydrogens (tertiary/aromatic N) is 1. The summed E-state index contributed by atoms with van der Waals surface area (Å²) in [4.78, 5) is 3.53. The van der Waals surface area contributed by atoms with Gasteiger partial charge in [0.05, 0.1) is 20.3 Å². The smallest absolute Gasteiger partial charge is 0.132 e. The first kappa shape index (κ1) is 17.0. The van der Waals surface area contributed by atoms with E-state index in [0.717, 1.165) is 44.3 Å². The van der Waals surface area contributed by atoms with Gasteiger partial charge in [0.1, 0.15) is 5.75 Å². The Morgan fingerprint density at radius 2 is 2.00 bits per heavy atom. The lowest BCUT2D eigenvalue weighted by Gasteiger charge is -2.29. The lowest BCUT2D eigenvalue weighted by molar-refractivity contribution is 0.122. The van der Waals surface area contributed by atoms with Crippen molar-refractivity contribution in [3.05, 3.63) is 48.0 Å². The third-order valence-electron chi connectivity index (χ3n) is 4.17. The number of anilines is 2. The van der Waals surface area contributed by atoms with Crippen LogP contribution in [0.5, 0.6) is 5.75 Å². The Balaban J connectivity index is 1.66. The molecule has 2 aromatic carbocycles. The van der Waals surface area contributed by atoms with E-state index in [9.17, 15) is 0 Å². The van der Waals surface area contributed by atoms with Crippen molar-refractivity contribution in [2.75, 3.05) is 49.9 Å². The van der Waals surface area contributed by atoms with E-state index < -0.39 is 0 Å². The molecule has 1 saturated heterocycles. The fourth-order valence-corrected chi connectivity index (χ4v) is 3.45. The maximum atomic E-state index is 5.43. The monoisotopic (exact) mass is 344 g/mol. The van der Waals surface area contributed by atoms with Crippen LogP contribution in [0.15, 0.2) is 47.4 Å². The van der Waals surface area contributed by atoms with Crippen LogP contribution in [0.4, 0.5) is 11.4 Å². The number of hydrogen-bond acceptors (Lipinski definition) is 5. The molecule has 4 nitrogen and oxygen atoms in total. The molecule has 0 aromatic heterocycles. The van der Waals surface area contributed by atoms with Crippen LogP contribution < -0.4 is 15.0 Å². The number of benzene rings is 2. The van der Waals surface area contributed by atoms with E-state index in [-0.39, 0.29) is 0 Å². The summed E-state index contributed by atoms with van der Waals surface area (Å²) in [6.45, 7) is 4.32. The second kappa shape index (κ2) is 8.31. The fraction of sp³-hybridized carbons (Fsp3) is 0.368. The number of nitrogens with one attached hydrogen (secondary N) is 1. The van der Waals surface area contributed by atoms with Gasteiger partial charge in [-0.1, -0.05) is 12.1 Å². The predicted molar refractivity (Wildman–Crippen MR) is 102 cm³/mol. The number of rotatable bonds is 6. The molecule has 128 valence electrons. The van der Waals surface area contributed by atoms with Crippen molar-refractivity contribution >= 4 is 23.1 Å². The predicted octanol–water partition coefficient (Wildman–Crippen LogP) is 3.87. The van der Waals surface area contributed by atoms with E-state index in [4.69, 9.17) is 9.47 Å². The van der Waals surface area contributed by atoms with Gasteiger partial charge < -0.3 is 19.7 Å². The molecule has 0 amide bonds. The number of morpholine rings is 1. The molecule has 1 heterocycles. The average molecular weight is 344 g/mol. The first-order valence-electron chi connectivity index (χ1n) is 8.17.